The molecule has 0 bridgehead atoms. The first-order valence-electron chi connectivity index (χ1n) is 8.91. The number of carbonyl (C=O) groups excluding carboxylic acids is 3. The lowest BCUT2D eigenvalue weighted by atomic mass is 10.2. The fourth-order valence-electron chi connectivity index (χ4n) is 2.22. The molecule has 0 saturated heterocycles. The first-order chi connectivity index (χ1) is 14.5. The quantitative estimate of drug-likeness (QED) is 0.250. The summed E-state index contributed by atoms with van der Waals surface area (Å²) in [4.78, 5) is 35.2. The van der Waals surface area contributed by atoms with Crippen LogP contribution in [-0.4, -0.2) is 44.2 Å². The molecule has 0 aliphatic carbocycles. The molecule has 0 unspecified atom stereocenters. The summed E-state index contributed by atoms with van der Waals surface area (Å²) in [5.41, 5.74) is 3.20. The molecule has 2 aromatic rings. The van der Waals surface area contributed by atoms with Crippen molar-refractivity contribution in [1.29, 1.82) is 0 Å². The molecule has 0 heterocycles. The minimum atomic E-state index is -0.913. The highest BCUT2D eigenvalue weighted by molar-refractivity contribution is 6.35. The summed E-state index contributed by atoms with van der Waals surface area (Å²) in [7, 11) is 1.54. The van der Waals surface area contributed by atoms with Crippen molar-refractivity contribution in [3.63, 3.8) is 0 Å². The van der Waals surface area contributed by atoms with Crippen molar-refractivity contribution in [2.75, 3.05) is 25.6 Å². The summed E-state index contributed by atoms with van der Waals surface area (Å²) in [6.45, 7) is 3.37. The number of hydrazone groups is 1. The number of nitrogens with one attached hydrogen (secondary N) is 3. The number of ether oxygens (including phenoxy) is 2. The number of para-hydroxylation sites is 1. The molecule has 2 rings (SSSR count). The van der Waals surface area contributed by atoms with Crippen LogP contribution < -0.4 is 25.5 Å². The number of methoxy groups -OCH3 is 1. The fourth-order valence-corrected chi connectivity index (χ4v) is 2.22. The van der Waals surface area contributed by atoms with E-state index in [2.05, 4.69) is 27.7 Å². The molecule has 0 aromatic heterocycles. The Kier molecular flexibility index (Phi) is 8.60. The number of rotatable bonds is 9. The van der Waals surface area contributed by atoms with Crippen LogP contribution >= 0.6 is 0 Å². The second kappa shape index (κ2) is 11.6. The molecule has 9 nitrogen and oxygen atoms in total. The molecule has 0 radical (unpaired) electrons. The minimum absolute atomic E-state index is 0.171. The van der Waals surface area contributed by atoms with Crippen molar-refractivity contribution in [2.24, 2.45) is 5.10 Å². The zero-order valence-electron chi connectivity index (χ0n) is 16.4. The Morgan fingerprint density at radius 3 is 2.67 bits per heavy atom. The number of hydrogen-bond donors (Lipinski definition) is 3. The average Bonchev–Trinajstić information content (AvgIpc) is 2.76. The molecule has 3 amide bonds. The van der Waals surface area contributed by atoms with E-state index in [1.54, 1.807) is 55.6 Å². The average molecular weight is 410 g/mol. The van der Waals surface area contributed by atoms with Gasteiger partial charge in [-0.1, -0.05) is 24.3 Å². The highest BCUT2D eigenvalue weighted by Crippen LogP contribution is 2.18. The lowest BCUT2D eigenvalue weighted by Gasteiger charge is -2.10. The van der Waals surface area contributed by atoms with Gasteiger partial charge in [0, 0.05) is 23.9 Å². The van der Waals surface area contributed by atoms with Gasteiger partial charge in [0.15, 0.2) is 6.61 Å². The van der Waals surface area contributed by atoms with E-state index in [4.69, 9.17) is 9.47 Å². The van der Waals surface area contributed by atoms with Crippen LogP contribution in [0.2, 0.25) is 0 Å². The summed E-state index contributed by atoms with van der Waals surface area (Å²) >= 11 is 0. The van der Waals surface area contributed by atoms with Crippen molar-refractivity contribution >= 4 is 29.6 Å². The maximum Gasteiger partial charge on any atom is 0.329 e. The van der Waals surface area contributed by atoms with Crippen LogP contribution in [0.4, 0.5) is 5.69 Å². The molecule has 9 heteroatoms. The zero-order chi connectivity index (χ0) is 21.8. The summed E-state index contributed by atoms with van der Waals surface area (Å²) in [5, 5.41) is 8.78. The molecule has 30 heavy (non-hydrogen) atoms. The fraction of sp³-hybridized carbons (Fsp3) is 0.143. The Balaban J connectivity index is 1.91. The Hall–Kier alpha value is -4.14. The zero-order valence-corrected chi connectivity index (χ0v) is 16.4. The van der Waals surface area contributed by atoms with Crippen LogP contribution in [0.25, 0.3) is 0 Å². The van der Waals surface area contributed by atoms with Gasteiger partial charge in [-0.3, -0.25) is 14.4 Å². The third kappa shape index (κ3) is 7.12. The van der Waals surface area contributed by atoms with Gasteiger partial charge in [-0.05, 0) is 24.3 Å². The predicted molar refractivity (Wildman–Crippen MR) is 113 cm³/mol. The number of amides is 3. The third-order valence-corrected chi connectivity index (χ3v) is 3.61. The van der Waals surface area contributed by atoms with Gasteiger partial charge in [-0.15, -0.1) is 6.58 Å². The Morgan fingerprint density at radius 2 is 1.90 bits per heavy atom. The molecule has 0 aliphatic heterocycles. The van der Waals surface area contributed by atoms with E-state index in [0.717, 1.165) is 0 Å². The highest BCUT2D eigenvalue weighted by Gasteiger charge is 2.11. The van der Waals surface area contributed by atoms with Crippen LogP contribution in [-0.2, 0) is 14.4 Å². The van der Waals surface area contributed by atoms with Crippen molar-refractivity contribution in [3.05, 3.63) is 66.7 Å². The van der Waals surface area contributed by atoms with E-state index >= 15 is 0 Å². The van der Waals surface area contributed by atoms with Crippen molar-refractivity contribution in [3.8, 4) is 11.5 Å². The van der Waals surface area contributed by atoms with Gasteiger partial charge in [-0.25, -0.2) is 5.43 Å². The number of nitrogens with zero attached hydrogens (tertiary/aromatic N) is 1. The summed E-state index contributed by atoms with van der Waals surface area (Å²) < 4.78 is 10.7. The van der Waals surface area contributed by atoms with Crippen molar-refractivity contribution < 1.29 is 23.9 Å². The molecule has 0 aliphatic rings. The highest BCUT2D eigenvalue weighted by atomic mass is 16.5. The maximum absolute atomic E-state index is 12.1. The van der Waals surface area contributed by atoms with Crippen molar-refractivity contribution in [2.45, 2.75) is 0 Å². The molecule has 0 spiro atoms. The summed E-state index contributed by atoms with van der Waals surface area (Å²) in [6, 6.07) is 13.7. The van der Waals surface area contributed by atoms with Gasteiger partial charge >= 0.3 is 11.8 Å². The van der Waals surface area contributed by atoms with E-state index in [0.29, 0.717) is 22.7 Å². The van der Waals surface area contributed by atoms with E-state index in [1.165, 1.54) is 12.3 Å². The minimum Gasteiger partial charge on any atom is -0.497 e. The van der Waals surface area contributed by atoms with Gasteiger partial charge in [0.05, 0.1) is 13.3 Å². The monoisotopic (exact) mass is 410 g/mol. The number of benzene rings is 2. The Labute approximate surface area is 173 Å². The van der Waals surface area contributed by atoms with E-state index in [-0.39, 0.29) is 19.1 Å². The molecule has 2 aromatic carbocycles. The largest absolute Gasteiger partial charge is 0.497 e. The Bertz CT molecular complexity index is 942. The molecular formula is C21H22N4O5. The SMILES string of the molecule is C=CCNC(=O)C(=O)N/N=C\c1ccccc1OCC(=O)Nc1cccc(OC)c1. The summed E-state index contributed by atoms with van der Waals surface area (Å²) in [6.07, 6.45) is 2.76. The van der Waals surface area contributed by atoms with Crippen LogP contribution in [0.5, 0.6) is 11.5 Å². The van der Waals surface area contributed by atoms with Gasteiger partial charge < -0.3 is 20.1 Å². The maximum atomic E-state index is 12.1. The first-order valence-corrected chi connectivity index (χ1v) is 8.91. The van der Waals surface area contributed by atoms with Crippen LogP contribution in [0.1, 0.15) is 5.56 Å². The third-order valence-electron chi connectivity index (χ3n) is 3.61. The summed E-state index contributed by atoms with van der Waals surface area (Å²) in [5.74, 6) is -1.10. The molecular weight excluding hydrogens is 388 g/mol. The van der Waals surface area contributed by atoms with Crippen LogP contribution in [0, 0.1) is 0 Å². The molecule has 156 valence electrons. The van der Waals surface area contributed by atoms with E-state index < -0.39 is 11.8 Å². The van der Waals surface area contributed by atoms with Crippen LogP contribution in [0.15, 0.2) is 66.3 Å². The predicted octanol–water partition coefficient (Wildman–Crippen LogP) is 1.46. The molecule has 0 atom stereocenters. The number of hydrogen-bond acceptors (Lipinski definition) is 6. The standard InChI is InChI=1S/C21H22N4O5/c1-3-11-22-20(27)21(28)25-23-13-15-7-4-5-10-18(15)30-14-19(26)24-16-8-6-9-17(12-16)29-2/h3-10,12-13H,1,11,14H2,2H3,(H,22,27)(H,24,26)(H,25,28)/b23-13-. The van der Waals surface area contributed by atoms with Gasteiger partial charge in [0.25, 0.3) is 5.91 Å². The number of anilines is 1. The molecule has 0 saturated carbocycles. The number of carbonyl (C=O) groups is 3. The second-order valence-electron chi connectivity index (χ2n) is 5.80. The van der Waals surface area contributed by atoms with Gasteiger partial charge in [-0.2, -0.15) is 5.10 Å². The van der Waals surface area contributed by atoms with Crippen LogP contribution in [0.3, 0.4) is 0 Å². The molecule has 0 fully saturated rings. The second-order valence-corrected chi connectivity index (χ2v) is 5.80. The first kappa shape index (κ1) is 22.2. The Morgan fingerprint density at radius 1 is 1.10 bits per heavy atom. The van der Waals surface area contributed by atoms with Gasteiger partial charge in [0.1, 0.15) is 11.5 Å². The normalized spacial score (nSPS) is 10.2. The lowest BCUT2D eigenvalue weighted by molar-refractivity contribution is -0.139. The topological polar surface area (TPSA) is 118 Å². The molecule has 3 N–H and O–H groups in total. The lowest BCUT2D eigenvalue weighted by Crippen LogP contribution is -2.37. The van der Waals surface area contributed by atoms with Gasteiger partial charge in [0.2, 0.25) is 0 Å². The van der Waals surface area contributed by atoms with E-state index in [9.17, 15) is 14.4 Å². The van der Waals surface area contributed by atoms with E-state index in [1.807, 2.05) is 0 Å². The smallest absolute Gasteiger partial charge is 0.329 e. The van der Waals surface area contributed by atoms with Crippen molar-refractivity contribution in [1.82, 2.24) is 10.7 Å².